The van der Waals surface area contributed by atoms with Gasteiger partial charge in [0.05, 0.1) is 19.3 Å². The third-order valence-electron chi connectivity index (χ3n) is 4.18. The van der Waals surface area contributed by atoms with Crippen molar-refractivity contribution in [3.63, 3.8) is 0 Å². The van der Waals surface area contributed by atoms with E-state index in [4.69, 9.17) is 9.47 Å². The summed E-state index contributed by atoms with van der Waals surface area (Å²) >= 11 is 0. The van der Waals surface area contributed by atoms with Crippen molar-refractivity contribution in [3.8, 4) is 5.75 Å². The smallest absolute Gasteiger partial charge is 0.119 e. The van der Waals surface area contributed by atoms with Crippen LogP contribution in [-0.2, 0) is 10.2 Å². The van der Waals surface area contributed by atoms with E-state index in [0.29, 0.717) is 37.8 Å². The molecule has 0 fully saturated rings. The summed E-state index contributed by atoms with van der Waals surface area (Å²) in [7, 11) is 0. The van der Waals surface area contributed by atoms with Crippen molar-refractivity contribution in [1.82, 2.24) is 5.32 Å². The summed E-state index contributed by atoms with van der Waals surface area (Å²) < 4.78 is 11.2. The maximum absolute atomic E-state index is 9.77. The van der Waals surface area contributed by atoms with Gasteiger partial charge in [-0.15, -0.1) is 0 Å². The number of aliphatic hydroxyl groups is 1. The molecule has 2 N–H and O–H groups in total. The Morgan fingerprint density at radius 1 is 1.00 bits per heavy atom. The second-order valence-corrected chi connectivity index (χ2v) is 9.29. The maximum Gasteiger partial charge on any atom is 0.119 e. The monoisotopic (exact) mass is 365 g/mol. The fraction of sp³-hybridized carbons (Fsp3) is 0.727. The van der Waals surface area contributed by atoms with Gasteiger partial charge in [-0.2, -0.15) is 0 Å². The quantitative estimate of drug-likeness (QED) is 0.578. The molecule has 0 radical (unpaired) electrons. The minimum absolute atomic E-state index is 0.139. The SMILES string of the molecule is CC(C)NCC(O)COCCOc1ccc(C(C)(C)CC(C)(C)C)cc1. The first-order chi connectivity index (χ1) is 12.0. The van der Waals surface area contributed by atoms with Gasteiger partial charge in [0.2, 0.25) is 0 Å². The van der Waals surface area contributed by atoms with Gasteiger partial charge in [0.25, 0.3) is 0 Å². The Morgan fingerprint density at radius 2 is 1.62 bits per heavy atom. The standard InChI is InChI=1S/C22H39NO3/c1-17(2)23-14-19(24)15-25-12-13-26-20-10-8-18(9-11-20)22(6,7)16-21(3,4)5/h8-11,17,19,23-24H,12-16H2,1-7H3. The van der Waals surface area contributed by atoms with Gasteiger partial charge in [0, 0.05) is 12.6 Å². The minimum atomic E-state index is -0.485. The molecule has 1 rings (SSSR count). The molecule has 0 saturated carbocycles. The van der Waals surface area contributed by atoms with E-state index >= 15 is 0 Å². The Balaban J connectivity index is 2.33. The molecule has 0 aromatic heterocycles. The highest BCUT2D eigenvalue weighted by molar-refractivity contribution is 5.31. The van der Waals surface area contributed by atoms with Crippen molar-refractivity contribution in [2.24, 2.45) is 5.41 Å². The van der Waals surface area contributed by atoms with Crippen molar-refractivity contribution in [3.05, 3.63) is 29.8 Å². The normalized spacial score (nSPS) is 13.9. The van der Waals surface area contributed by atoms with Crippen LogP contribution in [0.3, 0.4) is 0 Å². The highest BCUT2D eigenvalue weighted by Gasteiger charge is 2.27. The second kappa shape index (κ2) is 10.3. The average molecular weight is 366 g/mol. The molecule has 0 heterocycles. The molecular formula is C22H39NO3. The lowest BCUT2D eigenvalue weighted by Crippen LogP contribution is -2.34. The van der Waals surface area contributed by atoms with Crippen LogP contribution in [0.15, 0.2) is 24.3 Å². The molecule has 0 bridgehead atoms. The van der Waals surface area contributed by atoms with E-state index in [1.165, 1.54) is 5.56 Å². The van der Waals surface area contributed by atoms with Crippen molar-refractivity contribution < 1.29 is 14.6 Å². The van der Waals surface area contributed by atoms with Crippen LogP contribution >= 0.6 is 0 Å². The van der Waals surface area contributed by atoms with Crippen LogP contribution in [-0.4, -0.2) is 43.6 Å². The molecule has 1 atom stereocenters. The van der Waals surface area contributed by atoms with Crippen LogP contribution in [0.5, 0.6) is 5.75 Å². The first kappa shape index (κ1) is 22.9. The zero-order chi connectivity index (χ0) is 19.8. The molecular weight excluding hydrogens is 326 g/mol. The zero-order valence-corrected chi connectivity index (χ0v) is 17.8. The molecule has 4 heteroatoms. The molecule has 1 unspecified atom stereocenters. The number of aliphatic hydroxyl groups excluding tert-OH is 1. The Bertz CT molecular complexity index is 503. The zero-order valence-electron chi connectivity index (χ0n) is 17.8. The van der Waals surface area contributed by atoms with Crippen molar-refractivity contribution in [2.45, 2.75) is 72.4 Å². The first-order valence-electron chi connectivity index (χ1n) is 9.72. The summed E-state index contributed by atoms with van der Waals surface area (Å²) in [6.07, 6.45) is 0.643. The summed E-state index contributed by atoms with van der Waals surface area (Å²) in [6, 6.07) is 8.73. The molecule has 150 valence electrons. The topological polar surface area (TPSA) is 50.7 Å². The van der Waals surface area contributed by atoms with Gasteiger partial charge >= 0.3 is 0 Å². The number of benzene rings is 1. The third-order valence-corrected chi connectivity index (χ3v) is 4.18. The third kappa shape index (κ3) is 9.56. The lowest BCUT2D eigenvalue weighted by Gasteiger charge is -2.33. The molecule has 0 aliphatic carbocycles. The number of hydrogen-bond acceptors (Lipinski definition) is 4. The minimum Gasteiger partial charge on any atom is -0.491 e. The van der Waals surface area contributed by atoms with Gasteiger partial charge < -0.3 is 19.9 Å². The van der Waals surface area contributed by atoms with E-state index in [-0.39, 0.29) is 5.41 Å². The van der Waals surface area contributed by atoms with Crippen LogP contribution in [0.2, 0.25) is 0 Å². The van der Waals surface area contributed by atoms with Crippen LogP contribution in [0, 0.1) is 5.41 Å². The van der Waals surface area contributed by atoms with Crippen LogP contribution in [0.25, 0.3) is 0 Å². The van der Waals surface area contributed by atoms with Crippen molar-refractivity contribution >= 4 is 0 Å². The summed E-state index contributed by atoms with van der Waals surface area (Å²) in [4.78, 5) is 0. The van der Waals surface area contributed by atoms with Gasteiger partial charge in [0.15, 0.2) is 0 Å². The first-order valence-corrected chi connectivity index (χ1v) is 9.72. The second-order valence-electron chi connectivity index (χ2n) is 9.29. The average Bonchev–Trinajstić information content (AvgIpc) is 2.51. The highest BCUT2D eigenvalue weighted by Crippen LogP contribution is 2.36. The van der Waals surface area contributed by atoms with E-state index in [9.17, 15) is 5.11 Å². The number of ether oxygens (including phenoxy) is 2. The van der Waals surface area contributed by atoms with E-state index in [1.807, 2.05) is 12.1 Å². The lowest BCUT2D eigenvalue weighted by atomic mass is 9.72. The summed E-state index contributed by atoms with van der Waals surface area (Å²) in [5.74, 6) is 0.853. The molecule has 1 aromatic carbocycles. The van der Waals surface area contributed by atoms with Gasteiger partial charge in [-0.1, -0.05) is 60.6 Å². The Hall–Kier alpha value is -1.10. The predicted molar refractivity (Wildman–Crippen MR) is 109 cm³/mol. The molecule has 1 aromatic rings. The van der Waals surface area contributed by atoms with Crippen LogP contribution in [0.1, 0.15) is 60.5 Å². The van der Waals surface area contributed by atoms with Gasteiger partial charge in [-0.3, -0.25) is 0 Å². The molecule has 0 aliphatic heterocycles. The fourth-order valence-electron chi connectivity index (χ4n) is 3.30. The summed E-state index contributed by atoms with van der Waals surface area (Å²) in [6.45, 7) is 17.3. The summed E-state index contributed by atoms with van der Waals surface area (Å²) in [5, 5.41) is 13.0. The molecule has 4 nitrogen and oxygen atoms in total. The maximum atomic E-state index is 9.77. The van der Waals surface area contributed by atoms with Crippen LogP contribution < -0.4 is 10.1 Å². The van der Waals surface area contributed by atoms with E-state index in [2.05, 4.69) is 65.9 Å². The lowest BCUT2D eigenvalue weighted by molar-refractivity contribution is 0.0244. The molecule has 0 aliphatic rings. The van der Waals surface area contributed by atoms with Gasteiger partial charge in [0.1, 0.15) is 12.4 Å². The number of rotatable bonds is 11. The van der Waals surface area contributed by atoms with E-state index < -0.39 is 6.10 Å². The predicted octanol–water partition coefficient (Wildman–Crippen LogP) is 4.15. The molecule has 0 amide bonds. The Labute approximate surface area is 160 Å². The largest absolute Gasteiger partial charge is 0.491 e. The molecule has 26 heavy (non-hydrogen) atoms. The van der Waals surface area contributed by atoms with Crippen molar-refractivity contribution in [1.29, 1.82) is 0 Å². The summed E-state index contributed by atoms with van der Waals surface area (Å²) in [5.41, 5.74) is 1.77. The number of nitrogens with one attached hydrogen (secondary N) is 1. The van der Waals surface area contributed by atoms with E-state index in [0.717, 1.165) is 12.2 Å². The Morgan fingerprint density at radius 3 is 2.15 bits per heavy atom. The highest BCUT2D eigenvalue weighted by atomic mass is 16.5. The van der Waals surface area contributed by atoms with Gasteiger partial charge in [-0.25, -0.2) is 0 Å². The van der Waals surface area contributed by atoms with Gasteiger partial charge in [-0.05, 0) is 34.9 Å². The van der Waals surface area contributed by atoms with E-state index in [1.54, 1.807) is 0 Å². The van der Waals surface area contributed by atoms with Crippen LogP contribution in [0.4, 0.5) is 0 Å². The number of hydrogen-bond donors (Lipinski definition) is 2. The Kier molecular flexibility index (Phi) is 9.08. The molecule has 0 saturated heterocycles. The molecule has 0 spiro atoms. The fourth-order valence-corrected chi connectivity index (χ4v) is 3.30. The van der Waals surface area contributed by atoms with Crippen molar-refractivity contribution in [2.75, 3.05) is 26.4 Å².